The molecule has 0 amide bonds. The molecule has 7 nitrogen and oxygen atoms in total. The van der Waals surface area contributed by atoms with Crippen LogP contribution in [0.5, 0.6) is 0 Å². The summed E-state index contributed by atoms with van der Waals surface area (Å²) < 4.78 is 47.2. The van der Waals surface area contributed by atoms with Crippen LogP contribution in [0.4, 0.5) is 4.39 Å². The first-order valence-electron chi connectivity index (χ1n) is 9.76. The number of fused-ring (bicyclic) bond motifs is 1. The number of likely N-dealkylation sites (N-methyl/N-ethyl adjacent to an activating group) is 1. The maximum Gasteiger partial charge on any atom is 0.310 e. The first-order valence-corrected chi connectivity index (χ1v) is 11.2. The van der Waals surface area contributed by atoms with Crippen molar-refractivity contribution in [2.75, 3.05) is 20.8 Å². The maximum atomic E-state index is 13.2. The van der Waals surface area contributed by atoms with Crippen LogP contribution in [0.1, 0.15) is 12.0 Å². The van der Waals surface area contributed by atoms with Gasteiger partial charge in [0.15, 0.2) is 0 Å². The fraction of sp³-hybridized carbons (Fsp3) is 0.318. The second kappa shape index (κ2) is 9.59. The summed E-state index contributed by atoms with van der Waals surface area (Å²) >= 11 is 0. The van der Waals surface area contributed by atoms with Crippen molar-refractivity contribution < 1.29 is 27.4 Å². The predicted octanol–water partition coefficient (Wildman–Crippen LogP) is 2.57. The number of halogens is 1. The highest BCUT2D eigenvalue weighted by Gasteiger charge is 2.28. The smallest absolute Gasteiger partial charge is 0.310 e. The molecule has 0 bridgehead atoms. The van der Waals surface area contributed by atoms with Gasteiger partial charge >= 0.3 is 5.97 Å². The fourth-order valence-corrected chi connectivity index (χ4v) is 4.95. The summed E-state index contributed by atoms with van der Waals surface area (Å²) in [6.45, 7) is 0.0569. The number of ether oxygens (including phenoxy) is 1. The van der Waals surface area contributed by atoms with Crippen molar-refractivity contribution >= 4 is 26.9 Å². The van der Waals surface area contributed by atoms with Gasteiger partial charge in [0.25, 0.3) is 0 Å². The molecule has 0 fully saturated rings. The molecule has 2 aromatic carbocycles. The Morgan fingerprint density at radius 3 is 2.52 bits per heavy atom. The van der Waals surface area contributed by atoms with Crippen molar-refractivity contribution in [3.05, 3.63) is 66.1 Å². The maximum absolute atomic E-state index is 13.2. The van der Waals surface area contributed by atoms with E-state index in [1.165, 1.54) is 30.6 Å². The van der Waals surface area contributed by atoms with Gasteiger partial charge in [0.05, 0.1) is 18.4 Å². The number of carbonyl (C=O) groups excluding carboxylic acids is 1. The van der Waals surface area contributed by atoms with Gasteiger partial charge in [-0.05, 0) is 42.3 Å². The minimum absolute atomic E-state index is 0.0249. The van der Waals surface area contributed by atoms with Crippen LogP contribution in [0.2, 0.25) is 0 Å². The molecule has 166 valence electrons. The van der Waals surface area contributed by atoms with E-state index in [1.807, 2.05) is 35.0 Å². The molecule has 0 radical (unpaired) electrons. The van der Waals surface area contributed by atoms with Gasteiger partial charge in [-0.2, -0.15) is 4.31 Å². The lowest BCUT2D eigenvalue weighted by Gasteiger charge is -2.28. The minimum Gasteiger partial charge on any atom is -0.469 e. The van der Waals surface area contributed by atoms with E-state index < -0.39 is 21.9 Å². The van der Waals surface area contributed by atoms with Gasteiger partial charge in [0.1, 0.15) is 5.82 Å². The quantitative estimate of drug-likeness (QED) is 0.509. The van der Waals surface area contributed by atoms with E-state index in [2.05, 4.69) is 0 Å². The highest BCUT2D eigenvalue weighted by Crippen LogP contribution is 2.25. The molecule has 1 atom stereocenters. The number of benzene rings is 2. The number of esters is 1. The first kappa shape index (κ1) is 22.9. The Balaban J connectivity index is 1.95. The molecule has 0 aliphatic carbocycles. The second-order valence-corrected chi connectivity index (χ2v) is 9.22. The van der Waals surface area contributed by atoms with Crippen molar-refractivity contribution in [2.45, 2.75) is 30.3 Å². The van der Waals surface area contributed by atoms with Gasteiger partial charge in [0.2, 0.25) is 10.0 Å². The standard InChI is InChI=1S/C22H25FN2O5S/c1-24(31(28,29)19-9-7-17(23)8-10-19)18(11-12-26)15-25-14-16(13-22(27)30-2)20-5-3-4-6-21(20)25/h3-10,14,18,26H,11-13,15H2,1-2H3/t18-/m1/s1. The summed E-state index contributed by atoms with van der Waals surface area (Å²) in [4.78, 5) is 11.8. The van der Waals surface area contributed by atoms with E-state index in [-0.39, 0.29) is 36.9 Å². The van der Waals surface area contributed by atoms with Crippen LogP contribution >= 0.6 is 0 Å². The topological polar surface area (TPSA) is 88.8 Å². The van der Waals surface area contributed by atoms with Gasteiger partial charge in [-0.15, -0.1) is 0 Å². The van der Waals surface area contributed by atoms with Crippen molar-refractivity contribution in [1.82, 2.24) is 8.87 Å². The number of aliphatic hydroxyl groups excluding tert-OH is 1. The zero-order valence-electron chi connectivity index (χ0n) is 17.4. The molecule has 3 rings (SSSR count). The zero-order valence-corrected chi connectivity index (χ0v) is 18.2. The Labute approximate surface area is 180 Å². The molecule has 0 saturated heterocycles. The number of hydrogen-bond donors (Lipinski definition) is 1. The van der Waals surface area contributed by atoms with Crippen molar-refractivity contribution in [1.29, 1.82) is 0 Å². The summed E-state index contributed by atoms with van der Waals surface area (Å²) in [5.74, 6) is -0.892. The van der Waals surface area contributed by atoms with Gasteiger partial charge in [-0.1, -0.05) is 18.2 Å². The average molecular weight is 449 g/mol. The zero-order chi connectivity index (χ0) is 22.6. The van der Waals surface area contributed by atoms with E-state index in [0.29, 0.717) is 0 Å². The molecule has 0 aliphatic heterocycles. The van der Waals surface area contributed by atoms with E-state index >= 15 is 0 Å². The number of hydrogen-bond acceptors (Lipinski definition) is 5. The summed E-state index contributed by atoms with van der Waals surface area (Å²) in [5, 5.41) is 10.4. The third-order valence-electron chi connectivity index (χ3n) is 5.31. The van der Waals surface area contributed by atoms with Gasteiger partial charge < -0.3 is 14.4 Å². The van der Waals surface area contributed by atoms with Gasteiger partial charge in [-0.3, -0.25) is 4.79 Å². The van der Waals surface area contributed by atoms with E-state index in [9.17, 15) is 22.7 Å². The first-order chi connectivity index (χ1) is 14.8. The number of rotatable bonds is 9. The summed E-state index contributed by atoms with van der Waals surface area (Å²) in [6, 6.07) is 11.6. The Hall–Kier alpha value is -2.75. The van der Waals surface area contributed by atoms with Crippen LogP contribution in [0.25, 0.3) is 10.9 Å². The third-order valence-corrected chi connectivity index (χ3v) is 7.23. The van der Waals surface area contributed by atoms with Gasteiger partial charge in [-0.25, -0.2) is 12.8 Å². The largest absolute Gasteiger partial charge is 0.469 e. The van der Waals surface area contributed by atoms with E-state index in [0.717, 1.165) is 28.6 Å². The Morgan fingerprint density at radius 2 is 1.87 bits per heavy atom. The fourth-order valence-electron chi connectivity index (χ4n) is 3.58. The average Bonchev–Trinajstić information content (AvgIpc) is 3.10. The molecule has 1 aromatic heterocycles. The van der Waals surface area contributed by atoms with Crippen LogP contribution < -0.4 is 0 Å². The lowest BCUT2D eigenvalue weighted by Crippen LogP contribution is -2.40. The molecule has 0 unspecified atom stereocenters. The number of para-hydroxylation sites is 1. The van der Waals surface area contributed by atoms with Crippen LogP contribution in [-0.2, 0) is 32.5 Å². The van der Waals surface area contributed by atoms with Crippen molar-refractivity contribution in [3.63, 3.8) is 0 Å². The molecule has 1 N–H and O–H groups in total. The molecular formula is C22H25FN2O5S. The van der Waals surface area contributed by atoms with Gasteiger partial charge in [0, 0.05) is 43.3 Å². The van der Waals surface area contributed by atoms with Crippen LogP contribution in [-0.4, -0.2) is 55.2 Å². The summed E-state index contributed by atoms with van der Waals surface area (Å²) in [7, 11) is -1.13. The Morgan fingerprint density at radius 1 is 1.19 bits per heavy atom. The number of carbonyl (C=O) groups is 1. The lowest BCUT2D eigenvalue weighted by atomic mass is 10.1. The summed E-state index contributed by atoms with van der Waals surface area (Å²) in [5.41, 5.74) is 1.62. The van der Waals surface area contributed by atoms with Crippen LogP contribution in [0.15, 0.2) is 59.6 Å². The SMILES string of the molecule is COC(=O)Cc1cn(C[C@@H](CCO)N(C)S(=O)(=O)c2ccc(F)cc2)c2ccccc12. The van der Waals surface area contributed by atoms with Crippen molar-refractivity contribution in [2.24, 2.45) is 0 Å². The number of sulfonamides is 1. The second-order valence-electron chi connectivity index (χ2n) is 7.22. The van der Waals surface area contributed by atoms with E-state index in [4.69, 9.17) is 4.74 Å². The molecule has 0 aliphatic rings. The highest BCUT2D eigenvalue weighted by atomic mass is 32.2. The number of aromatic nitrogens is 1. The third kappa shape index (κ3) is 4.95. The molecule has 31 heavy (non-hydrogen) atoms. The Bertz CT molecular complexity index is 1160. The normalized spacial score (nSPS) is 12.9. The minimum atomic E-state index is -3.90. The summed E-state index contributed by atoms with van der Waals surface area (Å²) in [6.07, 6.45) is 2.11. The Kier molecular flexibility index (Phi) is 7.09. The molecule has 0 saturated carbocycles. The predicted molar refractivity (Wildman–Crippen MR) is 114 cm³/mol. The molecule has 1 heterocycles. The van der Waals surface area contributed by atoms with Crippen LogP contribution in [0, 0.1) is 5.82 Å². The van der Waals surface area contributed by atoms with Crippen LogP contribution in [0.3, 0.4) is 0 Å². The van der Waals surface area contributed by atoms with Crippen molar-refractivity contribution in [3.8, 4) is 0 Å². The number of aliphatic hydroxyl groups is 1. The molecule has 9 heteroatoms. The lowest BCUT2D eigenvalue weighted by molar-refractivity contribution is -0.139. The van der Waals surface area contributed by atoms with E-state index in [1.54, 1.807) is 0 Å². The number of nitrogens with zero attached hydrogens (tertiary/aromatic N) is 2. The molecule has 3 aromatic rings. The molecular weight excluding hydrogens is 423 g/mol. The monoisotopic (exact) mass is 448 g/mol. The number of methoxy groups -OCH3 is 1. The molecule has 0 spiro atoms. The highest BCUT2D eigenvalue weighted by molar-refractivity contribution is 7.89.